The minimum absolute atomic E-state index is 0.0109. The van der Waals surface area contributed by atoms with Gasteiger partial charge < -0.3 is 10.3 Å². The predicted molar refractivity (Wildman–Crippen MR) is 81.4 cm³/mol. The predicted octanol–water partition coefficient (Wildman–Crippen LogP) is 2.68. The summed E-state index contributed by atoms with van der Waals surface area (Å²) in [5.41, 5.74) is -0.0977. The lowest BCUT2D eigenvalue weighted by Gasteiger charge is -2.06. The van der Waals surface area contributed by atoms with Crippen molar-refractivity contribution in [3.63, 3.8) is 0 Å². The van der Waals surface area contributed by atoms with Crippen LogP contribution in [0.2, 0.25) is 5.02 Å². The number of aromatic amines is 1. The Morgan fingerprint density at radius 1 is 1.48 bits per heavy atom. The van der Waals surface area contributed by atoms with Crippen LogP contribution in [0, 0.1) is 5.82 Å². The molecule has 5 nitrogen and oxygen atoms in total. The van der Waals surface area contributed by atoms with Crippen LogP contribution in [-0.2, 0) is 5.75 Å². The molecule has 0 bridgehead atoms. The average molecular weight is 328 g/mol. The first kappa shape index (κ1) is 15.5. The van der Waals surface area contributed by atoms with Crippen molar-refractivity contribution in [1.29, 1.82) is 0 Å². The highest BCUT2D eigenvalue weighted by atomic mass is 35.5. The van der Waals surface area contributed by atoms with Gasteiger partial charge in [-0.1, -0.05) is 11.6 Å². The average Bonchev–Trinajstić information content (AvgIpc) is 2.42. The fourth-order valence-corrected chi connectivity index (χ4v) is 2.19. The smallest absolute Gasteiger partial charge is 0.274 e. The molecule has 0 radical (unpaired) electrons. The number of thioether (sulfide) groups is 1. The first-order valence-electron chi connectivity index (χ1n) is 5.85. The molecular weight excluding hydrogens is 317 g/mol. The maximum atomic E-state index is 13.0. The zero-order valence-corrected chi connectivity index (χ0v) is 12.5. The molecule has 0 aliphatic heterocycles. The van der Waals surface area contributed by atoms with Crippen LogP contribution in [0.15, 0.2) is 29.1 Å². The van der Waals surface area contributed by atoms with Gasteiger partial charge in [-0.25, -0.2) is 9.37 Å². The van der Waals surface area contributed by atoms with Gasteiger partial charge in [0.1, 0.15) is 17.3 Å². The molecule has 8 heteroatoms. The van der Waals surface area contributed by atoms with Crippen LogP contribution < -0.4 is 10.9 Å². The van der Waals surface area contributed by atoms with Crippen LogP contribution in [0.1, 0.15) is 16.3 Å². The van der Waals surface area contributed by atoms with Crippen molar-refractivity contribution in [3.8, 4) is 0 Å². The van der Waals surface area contributed by atoms with Crippen LogP contribution in [-0.4, -0.2) is 22.1 Å². The second-order valence-corrected chi connectivity index (χ2v) is 5.37. The number of rotatable bonds is 4. The standard InChI is InChI=1S/C13H11ClFN3O2S/c1-21-6-11-17-10(5-12(19)18-11)13(20)16-7-2-3-9(15)8(14)4-7/h2-5H,6H2,1H3,(H,16,20)(H,17,18,19). The second-order valence-electron chi connectivity index (χ2n) is 4.09. The van der Waals surface area contributed by atoms with Crippen LogP contribution in [0.25, 0.3) is 0 Å². The van der Waals surface area contributed by atoms with E-state index >= 15 is 0 Å². The van der Waals surface area contributed by atoms with Crippen molar-refractivity contribution in [3.05, 3.63) is 57.0 Å². The molecule has 0 fully saturated rings. The summed E-state index contributed by atoms with van der Waals surface area (Å²) in [7, 11) is 0. The van der Waals surface area contributed by atoms with E-state index in [1.54, 1.807) is 0 Å². The van der Waals surface area contributed by atoms with Gasteiger partial charge >= 0.3 is 0 Å². The monoisotopic (exact) mass is 327 g/mol. The number of nitrogens with zero attached hydrogens (tertiary/aromatic N) is 1. The van der Waals surface area contributed by atoms with Gasteiger partial charge in [0.05, 0.1) is 10.8 Å². The molecule has 1 heterocycles. The van der Waals surface area contributed by atoms with Gasteiger partial charge in [-0.2, -0.15) is 11.8 Å². The molecule has 0 aliphatic carbocycles. The number of H-pyrrole nitrogens is 1. The fraction of sp³-hybridized carbons (Fsp3) is 0.154. The Morgan fingerprint density at radius 2 is 2.24 bits per heavy atom. The molecule has 21 heavy (non-hydrogen) atoms. The van der Waals surface area contributed by atoms with Crippen molar-refractivity contribution in [2.24, 2.45) is 0 Å². The summed E-state index contributed by atoms with van der Waals surface area (Å²) in [5.74, 6) is -0.242. The van der Waals surface area contributed by atoms with Gasteiger partial charge in [0.2, 0.25) is 0 Å². The molecule has 0 saturated heterocycles. The Labute approximate surface area is 128 Å². The zero-order valence-electron chi connectivity index (χ0n) is 10.9. The van der Waals surface area contributed by atoms with Crippen LogP contribution >= 0.6 is 23.4 Å². The van der Waals surface area contributed by atoms with Gasteiger partial charge in [-0.3, -0.25) is 9.59 Å². The van der Waals surface area contributed by atoms with Crippen LogP contribution in [0.3, 0.4) is 0 Å². The molecule has 2 aromatic rings. The lowest BCUT2D eigenvalue weighted by Crippen LogP contribution is -2.20. The number of nitrogens with one attached hydrogen (secondary N) is 2. The van der Waals surface area contributed by atoms with E-state index in [2.05, 4.69) is 15.3 Å². The number of aromatic nitrogens is 2. The summed E-state index contributed by atoms with van der Waals surface area (Å²) in [6, 6.07) is 4.90. The molecule has 110 valence electrons. The largest absolute Gasteiger partial charge is 0.321 e. The minimum atomic E-state index is -0.578. The molecule has 2 rings (SSSR count). The molecule has 1 amide bonds. The molecular formula is C13H11ClFN3O2S. The number of carbonyl (C=O) groups excluding carboxylic acids is 1. The Balaban J connectivity index is 2.23. The summed E-state index contributed by atoms with van der Waals surface area (Å²) in [6.07, 6.45) is 1.85. The molecule has 0 saturated carbocycles. The van der Waals surface area contributed by atoms with Crippen molar-refractivity contribution in [2.45, 2.75) is 5.75 Å². The second kappa shape index (κ2) is 6.73. The quantitative estimate of drug-likeness (QED) is 0.905. The highest BCUT2D eigenvalue weighted by Gasteiger charge is 2.11. The maximum absolute atomic E-state index is 13.0. The van der Waals surface area contributed by atoms with Gasteiger partial charge in [0, 0.05) is 11.8 Å². The van der Waals surface area contributed by atoms with Crippen molar-refractivity contribution in [2.75, 3.05) is 11.6 Å². The lowest BCUT2D eigenvalue weighted by molar-refractivity contribution is 0.102. The number of carbonyl (C=O) groups is 1. The topological polar surface area (TPSA) is 74.8 Å². The molecule has 2 N–H and O–H groups in total. The van der Waals surface area contributed by atoms with Gasteiger partial charge in [-0.05, 0) is 24.5 Å². The number of hydrogen-bond donors (Lipinski definition) is 2. The molecule has 0 aliphatic rings. The van der Waals surface area contributed by atoms with E-state index in [4.69, 9.17) is 11.6 Å². The first-order chi connectivity index (χ1) is 9.99. The number of anilines is 1. The van der Waals surface area contributed by atoms with E-state index < -0.39 is 17.3 Å². The third-order valence-electron chi connectivity index (χ3n) is 2.48. The molecule has 0 unspecified atom stereocenters. The van der Waals surface area contributed by atoms with Gasteiger partial charge in [0.25, 0.3) is 11.5 Å². The molecule has 0 atom stereocenters. The number of amides is 1. The van der Waals surface area contributed by atoms with E-state index in [9.17, 15) is 14.0 Å². The third-order valence-corrected chi connectivity index (χ3v) is 3.33. The summed E-state index contributed by atoms with van der Waals surface area (Å²) >= 11 is 7.10. The third kappa shape index (κ3) is 4.05. The van der Waals surface area contributed by atoms with Crippen LogP contribution in [0.5, 0.6) is 0 Å². The SMILES string of the molecule is CSCc1nc(C(=O)Nc2ccc(F)c(Cl)c2)cc(=O)[nH]1. The fourth-order valence-electron chi connectivity index (χ4n) is 1.60. The van der Waals surface area contributed by atoms with Crippen molar-refractivity contribution < 1.29 is 9.18 Å². The highest BCUT2D eigenvalue weighted by molar-refractivity contribution is 7.97. The van der Waals surface area contributed by atoms with E-state index in [0.29, 0.717) is 17.3 Å². The minimum Gasteiger partial charge on any atom is -0.321 e. The summed E-state index contributed by atoms with van der Waals surface area (Å²) in [6.45, 7) is 0. The Morgan fingerprint density at radius 3 is 2.90 bits per heavy atom. The Hall–Kier alpha value is -1.86. The van der Waals surface area contributed by atoms with Gasteiger partial charge in [-0.15, -0.1) is 0 Å². The molecule has 1 aromatic heterocycles. The Kier molecular flexibility index (Phi) is 4.98. The van der Waals surface area contributed by atoms with Crippen molar-refractivity contribution in [1.82, 2.24) is 9.97 Å². The lowest BCUT2D eigenvalue weighted by atomic mass is 10.3. The van der Waals surface area contributed by atoms with E-state index in [0.717, 1.165) is 12.1 Å². The van der Waals surface area contributed by atoms with E-state index in [-0.39, 0.29) is 10.7 Å². The van der Waals surface area contributed by atoms with E-state index in [1.807, 2.05) is 6.26 Å². The summed E-state index contributed by atoms with van der Waals surface area (Å²) in [5, 5.41) is 2.41. The summed E-state index contributed by atoms with van der Waals surface area (Å²) in [4.78, 5) is 30.1. The highest BCUT2D eigenvalue weighted by Crippen LogP contribution is 2.19. The first-order valence-corrected chi connectivity index (χ1v) is 7.62. The summed E-state index contributed by atoms with van der Waals surface area (Å²) < 4.78 is 13.0. The maximum Gasteiger partial charge on any atom is 0.274 e. The van der Waals surface area contributed by atoms with Crippen molar-refractivity contribution >= 4 is 35.0 Å². The van der Waals surface area contributed by atoms with Gasteiger partial charge in [0.15, 0.2) is 0 Å². The molecule has 1 aromatic carbocycles. The Bertz CT molecular complexity index is 736. The number of hydrogen-bond acceptors (Lipinski definition) is 4. The van der Waals surface area contributed by atoms with E-state index in [1.165, 1.54) is 23.9 Å². The molecule has 0 spiro atoms. The number of benzene rings is 1. The number of halogens is 2. The zero-order chi connectivity index (χ0) is 15.4. The normalized spacial score (nSPS) is 10.4. The van der Waals surface area contributed by atoms with Crippen LogP contribution in [0.4, 0.5) is 10.1 Å².